The third kappa shape index (κ3) is 5.80. The van der Waals surface area contributed by atoms with Crippen molar-refractivity contribution in [3.8, 4) is 5.75 Å². The first-order chi connectivity index (χ1) is 14.5. The van der Waals surface area contributed by atoms with E-state index in [0.717, 1.165) is 12.0 Å². The highest BCUT2D eigenvalue weighted by atomic mass is 16.5. The van der Waals surface area contributed by atoms with Crippen molar-refractivity contribution >= 4 is 11.7 Å². The number of nitrogens with one attached hydrogen (secondary N) is 1. The molecule has 0 aliphatic rings. The molecular formula is C26H27NO3. The van der Waals surface area contributed by atoms with Crippen LogP contribution in [0.1, 0.15) is 46.3 Å². The maximum atomic E-state index is 12.3. The first kappa shape index (κ1) is 21.3. The van der Waals surface area contributed by atoms with Crippen LogP contribution in [0.4, 0.5) is 0 Å². The Balaban J connectivity index is 1.57. The summed E-state index contributed by atoms with van der Waals surface area (Å²) in [6.45, 7) is 3.82. The van der Waals surface area contributed by atoms with Gasteiger partial charge in [0.2, 0.25) is 0 Å². The summed E-state index contributed by atoms with van der Waals surface area (Å²) in [5.74, 6) is 0.359. The van der Waals surface area contributed by atoms with Crippen LogP contribution in [0, 0.1) is 6.92 Å². The van der Waals surface area contributed by atoms with Gasteiger partial charge in [-0.25, -0.2) is 0 Å². The maximum absolute atomic E-state index is 12.3. The molecule has 0 fully saturated rings. The standard InChI is InChI=1S/C26H27NO3/c1-19-13-14-25(24(17-19)20(2)28)30-18-26(29)27-16-15-23(21-9-5-3-6-10-21)22-11-7-4-8-12-22/h3-14,17,23H,15-16,18H2,1-2H3,(H,27,29). The number of ketones is 1. The molecule has 0 unspecified atom stereocenters. The third-order valence-electron chi connectivity index (χ3n) is 5.03. The molecule has 0 spiro atoms. The number of hydrogen-bond donors (Lipinski definition) is 1. The molecule has 0 aliphatic heterocycles. The van der Waals surface area contributed by atoms with Gasteiger partial charge in [0.1, 0.15) is 5.75 Å². The van der Waals surface area contributed by atoms with Gasteiger partial charge in [-0.3, -0.25) is 9.59 Å². The molecule has 4 heteroatoms. The van der Waals surface area contributed by atoms with Crippen LogP contribution in [0.25, 0.3) is 0 Å². The molecule has 3 aromatic carbocycles. The Hall–Kier alpha value is -3.40. The molecule has 0 atom stereocenters. The Morgan fingerprint density at radius 1 is 0.900 bits per heavy atom. The lowest BCUT2D eigenvalue weighted by atomic mass is 9.88. The minimum Gasteiger partial charge on any atom is -0.483 e. The molecule has 0 radical (unpaired) electrons. The van der Waals surface area contributed by atoms with Crippen LogP contribution in [0.15, 0.2) is 78.9 Å². The van der Waals surface area contributed by atoms with Gasteiger partial charge in [-0.2, -0.15) is 0 Å². The van der Waals surface area contributed by atoms with Crippen LogP contribution in [0.3, 0.4) is 0 Å². The molecule has 3 aromatic rings. The predicted octanol–water partition coefficient (Wildman–Crippen LogP) is 4.91. The lowest BCUT2D eigenvalue weighted by Gasteiger charge is -2.18. The minimum atomic E-state index is -0.204. The summed E-state index contributed by atoms with van der Waals surface area (Å²) in [5, 5.41) is 2.93. The SMILES string of the molecule is CC(=O)c1cc(C)ccc1OCC(=O)NCCC(c1ccccc1)c1ccccc1. The first-order valence-electron chi connectivity index (χ1n) is 10.2. The highest BCUT2D eigenvalue weighted by Gasteiger charge is 2.15. The van der Waals surface area contributed by atoms with E-state index in [9.17, 15) is 9.59 Å². The summed E-state index contributed by atoms with van der Waals surface area (Å²) in [4.78, 5) is 24.1. The molecule has 30 heavy (non-hydrogen) atoms. The molecule has 0 bridgehead atoms. The Morgan fingerprint density at radius 3 is 2.07 bits per heavy atom. The van der Waals surface area contributed by atoms with E-state index in [0.29, 0.717) is 17.9 Å². The van der Waals surface area contributed by atoms with E-state index in [-0.39, 0.29) is 24.2 Å². The van der Waals surface area contributed by atoms with Crippen molar-refractivity contribution in [3.05, 3.63) is 101 Å². The second kappa shape index (κ2) is 10.4. The molecule has 1 N–H and O–H groups in total. The molecule has 0 saturated carbocycles. The number of rotatable bonds is 9. The average Bonchev–Trinajstić information content (AvgIpc) is 2.77. The summed E-state index contributed by atoms with van der Waals surface area (Å²) in [7, 11) is 0. The van der Waals surface area contributed by atoms with E-state index in [1.807, 2.05) is 49.4 Å². The zero-order valence-corrected chi connectivity index (χ0v) is 17.4. The molecular weight excluding hydrogens is 374 g/mol. The first-order valence-corrected chi connectivity index (χ1v) is 10.2. The van der Waals surface area contributed by atoms with Crippen LogP contribution in [-0.4, -0.2) is 24.8 Å². The summed E-state index contributed by atoms with van der Waals surface area (Å²) < 4.78 is 5.61. The molecule has 1 amide bonds. The summed E-state index contributed by atoms with van der Waals surface area (Å²) in [6.07, 6.45) is 0.781. The van der Waals surface area contributed by atoms with E-state index in [1.54, 1.807) is 12.1 Å². The Bertz CT molecular complexity index is 944. The van der Waals surface area contributed by atoms with Crippen molar-refractivity contribution < 1.29 is 14.3 Å². The lowest BCUT2D eigenvalue weighted by molar-refractivity contribution is -0.123. The second-order valence-electron chi connectivity index (χ2n) is 7.36. The van der Waals surface area contributed by atoms with E-state index >= 15 is 0 Å². The summed E-state index contributed by atoms with van der Waals surface area (Å²) in [6, 6.07) is 26.0. The van der Waals surface area contributed by atoms with Crippen LogP contribution >= 0.6 is 0 Å². The van der Waals surface area contributed by atoms with Gasteiger partial charge in [0.25, 0.3) is 5.91 Å². The monoisotopic (exact) mass is 401 g/mol. The van der Waals surface area contributed by atoms with Crippen LogP contribution in [0.5, 0.6) is 5.75 Å². The fourth-order valence-electron chi connectivity index (χ4n) is 3.49. The molecule has 154 valence electrons. The predicted molar refractivity (Wildman–Crippen MR) is 119 cm³/mol. The van der Waals surface area contributed by atoms with Crippen molar-refractivity contribution in [3.63, 3.8) is 0 Å². The van der Waals surface area contributed by atoms with Gasteiger partial charge in [-0.05, 0) is 43.5 Å². The van der Waals surface area contributed by atoms with Crippen molar-refractivity contribution in [2.45, 2.75) is 26.2 Å². The number of benzene rings is 3. The fraction of sp³-hybridized carbons (Fsp3) is 0.231. The molecule has 0 saturated heterocycles. The van der Waals surface area contributed by atoms with Gasteiger partial charge in [0, 0.05) is 12.5 Å². The Morgan fingerprint density at radius 2 is 1.50 bits per heavy atom. The van der Waals surface area contributed by atoms with Crippen molar-refractivity contribution in [2.75, 3.05) is 13.2 Å². The largest absolute Gasteiger partial charge is 0.483 e. The molecule has 4 nitrogen and oxygen atoms in total. The number of Topliss-reactive ketones (excluding diaryl/α,β-unsaturated/α-hetero) is 1. The average molecular weight is 402 g/mol. The van der Waals surface area contributed by atoms with Crippen LogP contribution in [0.2, 0.25) is 0 Å². The fourth-order valence-corrected chi connectivity index (χ4v) is 3.49. The van der Waals surface area contributed by atoms with E-state index in [1.165, 1.54) is 18.1 Å². The van der Waals surface area contributed by atoms with Gasteiger partial charge in [-0.1, -0.05) is 72.3 Å². The number of hydrogen-bond acceptors (Lipinski definition) is 3. The normalized spacial score (nSPS) is 10.6. The summed E-state index contributed by atoms with van der Waals surface area (Å²) in [5.41, 5.74) is 3.92. The lowest BCUT2D eigenvalue weighted by Crippen LogP contribution is -2.30. The van der Waals surface area contributed by atoms with Crippen molar-refractivity contribution in [2.24, 2.45) is 0 Å². The third-order valence-corrected chi connectivity index (χ3v) is 5.03. The Kier molecular flexibility index (Phi) is 7.39. The van der Waals surface area contributed by atoms with Gasteiger partial charge < -0.3 is 10.1 Å². The summed E-state index contributed by atoms with van der Waals surface area (Å²) >= 11 is 0. The molecule has 0 aliphatic carbocycles. The zero-order chi connectivity index (χ0) is 21.3. The van der Waals surface area contributed by atoms with Gasteiger partial charge in [0.15, 0.2) is 12.4 Å². The maximum Gasteiger partial charge on any atom is 0.257 e. The van der Waals surface area contributed by atoms with Crippen LogP contribution in [-0.2, 0) is 4.79 Å². The molecule has 3 rings (SSSR count). The number of ether oxygens (including phenoxy) is 1. The number of carbonyl (C=O) groups excluding carboxylic acids is 2. The topological polar surface area (TPSA) is 55.4 Å². The number of amides is 1. The molecule has 0 aromatic heterocycles. The highest BCUT2D eigenvalue weighted by Crippen LogP contribution is 2.27. The quantitative estimate of drug-likeness (QED) is 0.518. The highest BCUT2D eigenvalue weighted by molar-refractivity contribution is 5.97. The van der Waals surface area contributed by atoms with Gasteiger partial charge in [-0.15, -0.1) is 0 Å². The Labute approximate surface area is 177 Å². The second-order valence-corrected chi connectivity index (χ2v) is 7.36. The van der Waals surface area contributed by atoms with Crippen molar-refractivity contribution in [1.82, 2.24) is 5.32 Å². The molecule has 0 heterocycles. The van der Waals surface area contributed by atoms with Gasteiger partial charge in [0.05, 0.1) is 5.56 Å². The minimum absolute atomic E-state index is 0.0809. The smallest absolute Gasteiger partial charge is 0.257 e. The van der Waals surface area contributed by atoms with Crippen molar-refractivity contribution in [1.29, 1.82) is 0 Å². The van der Waals surface area contributed by atoms with E-state index in [2.05, 4.69) is 29.6 Å². The van der Waals surface area contributed by atoms with E-state index in [4.69, 9.17) is 4.74 Å². The van der Waals surface area contributed by atoms with Gasteiger partial charge >= 0.3 is 0 Å². The van der Waals surface area contributed by atoms with Crippen LogP contribution < -0.4 is 10.1 Å². The zero-order valence-electron chi connectivity index (χ0n) is 17.4. The number of aryl methyl sites for hydroxylation is 1. The number of carbonyl (C=O) groups is 2. The van der Waals surface area contributed by atoms with E-state index < -0.39 is 0 Å².